The Hall–Kier alpha value is -0.290. The summed E-state index contributed by atoms with van der Waals surface area (Å²) in [5, 5.41) is 9.46. The Morgan fingerprint density at radius 1 is 1.50 bits per heavy atom. The maximum absolute atomic E-state index is 9.46. The van der Waals surface area contributed by atoms with E-state index < -0.39 is 12.1 Å². The predicted octanol–water partition coefficient (Wildman–Crippen LogP) is 2.65. The molecular formula is C11H17BrClNO2. The summed E-state index contributed by atoms with van der Waals surface area (Å²) in [5.41, 5.74) is 6.71. The van der Waals surface area contributed by atoms with E-state index in [9.17, 15) is 5.11 Å². The Morgan fingerprint density at radius 3 is 2.62 bits per heavy atom. The highest BCUT2D eigenvalue weighted by molar-refractivity contribution is 9.10. The zero-order valence-electron chi connectivity index (χ0n) is 9.31. The molecule has 0 bridgehead atoms. The number of ether oxygens (including phenoxy) is 1. The molecule has 0 heterocycles. The lowest BCUT2D eigenvalue weighted by Gasteiger charge is -2.19. The summed E-state index contributed by atoms with van der Waals surface area (Å²) in [6.07, 6.45) is -0.599. The molecule has 0 amide bonds. The molecule has 0 aliphatic heterocycles. The Labute approximate surface area is 111 Å². The van der Waals surface area contributed by atoms with Crippen LogP contribution >= 0.6 is 28.3 Å². The van der Waals surface area contributed by atoms with E-state index in [0.717, 1.165) is 15.8 Å². The second-order valence-electron chi connectivity index (χ2n) is 3.38. The van der Waals surface area contributed by atoms with E-state index in [1.807, 2.05) is 25.1 Å². The summed E-state index contributed by atoms with van der Waals surface area (Å²) in [4.78, 5) is 0. The summed E-state index contributed by atoms with van der Waals surface area (Å²) >= 11 is 3.37. The Morgan fingerprint density at radius 2 is 2.12 bits per heavy atom. The van der Waals surface area contributed by atoms with Crippen molar-refractivity contribution >= 4 is 28.3 Å². The van der Waals surface area contributed by atoms with Crippen molar-refractivity contribution in [2.45, 2.75) is 26.0 Å². The molecule has 0 saturated carbocycles. The third-order valence-electron chi connectivity index (χ3n) is 2.15. The van der Waals surface area contributed by atoms with E-state index in [-0.39, 0.29) is 12.4 Å². The lowest BCUT2D eigenvalue weighted by molar-refractivity contribution is 0.162. The first kappa shape index (κ1) is 15.7. The van der Waals surface area contributed by atoms with Gasteiger partial charge in [0.15, 0.2) is 0 Å². The third-order valence-corrected chi connectivity index (χ3v) is 2.64. The highest BCUT2D eigenvalue weighted by Crippen LogP contribution is 2.29. The fraction of sp³-hybridized carbons (Fsp3) is 0.455. The molecule has 0 fully saturated rings. The molecule has 0 aliphatic rings. The summed E-state index contributed by atoms with van der Waals surface area (Å²) in [5.74, 6) is 0.731. The van der Waals surface area contributed by atoms with E-state index in [0.29, 0.717) is 6.61 Å². The molecule has 0 aromatic heterocycles. The number of nitrogens with two attached hydrogens (primary N) is 1. The Bertz CT molecular complexity index is 334. The maximum Gasteiger partial charge on any atom is 0.124 e. The first-order chi connectivity index (χ1) is 7.06. The van der Waals surface area contributed by atoms with Crippen molar-refractivity contribution in [2.24, 2.45) is 5.73 Å². The lowest BCUT2D eigenvalue weighted by Crippen LogP contribution is -2.23. The quantitative estimate of drug-likeness (QED) is 0.899. The topological polar surface area (TPSA) is 55.5 Å². The Kier molecular flexibility index (Phi) is 6.99. The van der Waals surface area contributed by atoms with Gasteiger partial charge in [0.05, 0.1) is 18.8 Å². The monoisotopic (exact) mass is 309 g/mol. The fourth-order valence-electron chi connectivity index (χ4n) is 1.33. The minimum absolute atomic E-state index is 0. The third kappa shape index (κ3) is 3.94. The van der Waals surface area contributed by atoms with E-state index >= 15 is 0 Å². The van der Waals surface area contributed by atoms with Gasteiger partial charge in [-0.1, -0.05) is 15.9 Å². The molecule has 1 rings (SSSR count). The van der Waals surface area contributed by atoms with Crippen LogP contribution in [-0.4, -0.2) is 17.8 Å². The zero-order chi connectivity index (χ0) is 11.4. The van der Waals surface area contributed by atoms with Gasteiger partial charge in [-0.15, -0.1) is 12.4 Å². The number of hydrogen-bond acceptors (Lipinski definition) is 3. The van der Waals surface area contributed by atoms with E-state index in [1.165, 1.54) is 0 Å². The van der Waals surface area contributed by atoms with Crippen molar-refractivity contribution in [1.82, 2.24) is 0 Å². The molecule has 3 N–H and O–H groups in total. The lowest BCUT2D eigenvalue weighted by atomic mass is 10.0. The number of benzene rings is 1. The average molecular weight is 311 g/mol. The number of rotatable bonds is 4. The van der Waals surface area contributed by atoms with Crippen molar-refractivity contribution in [2.75, 3.05) is 6.61 Å². The zero-order valence-corrected chi connectivity index (χ0v) is 11.7. The largest absolute Gasteiger partial charge is 0.494 e. The molecule has 16 heavy (non-hydrogen) atoms. The van der Waals surface area contributed by atoms with E-state index in [1.54, 1.807) is 6.92 Å². The van der Waals surface area contributed by atoms with Crippen LogP contribution < -0.4 is 10.5 Å². The van der Waals surface area contributed by atoms with Crippen LogP contribution in [0.25, 0.3) is 0 Å². The van der Waals surface area contributed by atoms with Gasteiger partial charge in [-0.3, -0.25) is 0 Å². The molecule has 0 aliphatic carbocycles. The van der Waals surface area contributed by atoms with Crippen molar-refractivity contribution < 1.29 is 9.84 Å². The van der Waals surface area contributed by atoms with Gasteiger partial charge in [-0.25, -0.2) is 0 Å². The van der Waals surface area contributed by atoms with Crippen molar-refractivity contribution in [1.29, 1.82) is 0 Å². The first-order valence-corrected chi connectivity index (χ1v) is 5.71. The molecular weight excluding hydrogens is 293 g/mol. The molecule has 0 unspecified atom stereocenters. The number of hydrogen-bond donors (Lipinski definition) is 2. The second-order valence-corrected chi connectivity index (χ2v) is 4.30. The summed E-state index contributed by atoms with van der Waals surface area (Å²) < 4.78 is 6.38. The Balaban J connectivity index is 0.00000225. The van der Waals surface area contributed by atoms with Crippen LogP contribution in [0.3, 0.4) is 0 Å². The van der Waals surface area contributed by atoms with Crippen LogP contribution in [0.2, 0.25) is 0 Å². The van der Waals surface area contributed by atoms with Crippen LogP contribution in [0.15, 0.2) is 22.7 Å². The van der Waals surface area contributed by atoms with Gasteiger partial charge in [0, 0.05) is 10.0 Å². The molecule has 0 spiro atoms. The molecule has 5 heteroatoms. The molecule has 92 valence electrons. The van der Waals surface area contributed by atoms with E-state index in [2.05, 4.69) is 15.9 Å². The highest BCUT2D eigenvalue weighted by atomic mass is 79.9. The van der Waals surface area contributed by atoms with Gasteiger partial charge in [-0.2, -0.15) is 0 Å². The highest BCUT2D eigenvalue weighted by Gasteiger charge is 2.17. The SMILES string of the molecule is CCOc1ccc(Br)cc1[C@H](N)[C@@H](C)O.Cl. The molecule has 0 saturated heterocycles. The maximum atomic E-state index is 9.46. The summed E-state index contributed by atoms with van der Waals surface area (Å²) in [6, 6.07) is 5.20. The minimum Gasteiger partial charge on any atom is -0.494 e. The van der Waals surface area contributed by atoms with Gasteiger partial charge in [0.1, 0.15) is 5.75 Å². The number of aliphatic hydroxyl groups excluding tert-OH is 1. The van der Waals surface area contributed by atoms with Crippen LogP contribution in [0.4, 0.5) is 0 Å². The van der Waals surface area contributed by atoms with Crippen molar-refractivity contribution in [3.63, 3.8) is 0 Å². The average Bonchev–Trinajstić information content (AvgIpc) is 2.20. The first-order valence-electron chi connectivity index (χ1n) is 4.92. The summed E-state index contributed by atoms with van der Waals surface area (Å²) in [7, 11) is 0. The van der Waals surface area contributed by atoms with Crippen molar-refractivity contribution in [3.8, 4) is 5.75 Å². The summed E-state index contributed by atoms with van der Waals surface area (Å²) in [6.45, 7) is 4.17. The van der Waals surface area contributed by atoms with Crippen LogP contribution in [0, 0.1) is 0 Å². The standard InChI is InChI=1S/C11H16BrNO2.ClH/c1-3-15-10-5-4-8(12)6-9(10)11(13)7(2)14;/h4-7,11,14H,3,13H2,1-2H3;1H/t7-,11-;/m1./s1. The van der Waals surface area contributed by atoms with Crippen LogP contribution in [0.1, 0.15) is 25.5 Å². The second kappa shape index (κ2) is 7.12. The molecule has 3 nitrogen and oxygen atoms in total. The van der Waals surface area contributed by atoms with Crippen LogP contribution in [0.5, 0.6) is 5.75 Å². The van der Waals surface area contributed by atoms with Gasteiger partial charge in [0.25, 0.3) is 0 Å². The molecule has 1 aromatic carbocycles. The normalized spacial score (nSPS) is 13.8. The number of halogens is 2. The van der Waals surface area contributed by atoms with Crippen LogP contribution in [-0.2, 0) is 0 Å². The van der Waals surface area contributed by atoms with Crippen molar-refractivity contribution in [3.05, 3.63) is 28.2 Å². The molecule has 0 radical (unpaired) electrons. The molecule has 2 atom stereocenters. The van der Waals surface area contributed by atoms with Gasteiger partial charge in [-0.05, 0) is 32.0 Å². The fourth-order valence-corrected chi connectivity index (χ4v) is 1.71. The van der Waals surface area contributed by atoms with E-state index in [4.69, 9.17) is 10.5 Å². The molecule has 1 aromatic rings. The predicted molar refractivity (Wildman–Crippen MR) is 71.2 cm³/mol. The minimum atomic E-state index is -0.599. The number of aliphatic hydroxyl groups is 1. The van der Waals surface area contributed by atoms with Gasteiger partial charge in [0.2, 0.25) is 0 Å². The van der Waals surface area contributed by atoms with Gasteiger partial charge >= 0.3 is 0 Å². The van der Waals surface area contributed by atoms with Gasteiger partial charge < -0.3 is 15.6 Å². The smallest absolute Gasteiger partial charge is 0.124 e.